The number of aliphatic carboxylic acids is 1. The van der Waals surface area contributed by atoms with Gasteiger partial charge in [-0.1, -0.05) is 6.58 Å². The molecule has 0 aromatic heterocycles. The molecule has 0 atom stereocenters. The topological polar surface area (TPSA) is 107 Å². The molecule has 0 saturated heterocycles. The van der Waals surface area contributed by atoms with Gasteiger partial charge in [0.25, 0.3) is 10.1 Å². The van der Waals surface area contributed by atoms with E-state index in [9.17, 15) is 13.2 Å². The van der Waals surface area contributed by atoms with E-state index in [0.717, 1.165) is 0 Å². The van der Waals surface area contributed by atoms with Crippen molar-refractivity contribution >= 4 is 21.8 Å². The van der Waals surface area contributed by atoms with Crippen LogP contribution in [0, 0.1) is 0 Å². The second-order valence-corrected chi connectivity index (χ2v) is 5.13. The van der Waals surface area contributed by atoms with Crippen LogP contribution >= 0.6 is 0 Å². The lowest BCUT2D eigenvalue weighted by molar-refractivity contribution is -0.132. The molecule has 0 aliphatic carbocycles. The van der Waals surface area contributed by atoms with Gasteiger partial charge >= 0.3 is 5.97 Å². The van der Waals surface area contributed by atoms with Gasteiger partial charge in [-0.05, 0) is 38.1 Å². The molecule has 0 bridgehead atoms. The monoisotopic (exact) mass is 287 g/mol. The van der Waals surface area contributed by atoms with Crippen molar-refractivity contribution in [2.24, 2.45) is 0 Å². The van der Waals surface area contributed by atoms with Gasteiger partial charge in [-0.15, -0.1) is 0 Å². The van der Waals surface area contributed by atoms with Gasteiger partial charge in [0, 0.05) is 11.3 Å². The first-order valence-electron chi connectivity index (χ1n) is 5.34. The highest BCUT2D eigenvalue weighted by atomic mass is 32.2. The second kappa shape index (κ2) is 7.55. The van der Waals surface area contributed by atoms with E-state index in [1.807, 2.05) is 0 Å². The van der Waals surface area contributed by atoms with Crippen molar-refractivity contribution in [3.63, 3.8) is 0 Å². The number of nitrogen functional groups attached to an aromatic ring is 1. The van der Waals surface area contributed by atoms with E-state index in [4.69, 9.17) is 10.8 Å². The van der Waals surface area contributed by atoms with E-state index in [0.29, 0.717) is 5.69 Å². The number of carboxylic acid groups (broad SMARTS) is 1. The van der Waals surface area contributed by atoms with Crippen LogP contribution in [0.25, 0.3) is 0 Å². The average Bonchev–Trinajstić information content (AvgIpc) is 2.30. The summed E-state index contributed by atoms with van der Waals surface area (Å²) in [6, 6.07) is 5.87. The molecule has 106 valence electrons. The number of hydrogen-bond acceptors (Lipinski definition) is 5. The van der Waals surface area contributed by atoms with Crippen LogP contribution in [-0.2, 0) is 19.1 Å². The molecule has 0 radical (unpaired) electrons. The van der Waals surface area contributed by atoms with Crippen molar-refractivity contribution in [3.8, 4) is 0 Å². The minimum absolute atomic E-state index is 0.128. The van der Waals surface area contributed by atoms with Gasteiger partial charge in [-0.3, -0.25) is 4.18 Å². The van der Waals surface area contributed by atoms with Crippen molar-refractivity contribution in [1.82, 2.24) is 0 Å². The largest absolute Gasteiger partial charge is 0.478 e. The SMILES string of the molecule is C=C(C)C(=O)O.CCOS(=O)(=O)c1ccc(N)cc1. The molecule has 0 spiro atoms. The molecule has 0 unspecified atom stereocenters. The molecular weight excluding hydrogens is 270 g/mol. The summed E-state index contributed by atoms with van der Waals surface area (Å²) in [6.07, 6.45) is 0. The Bertz CT molecular complexity index is 522. The maximum absolute atomic E-state index is 11.3. The first-order chi connectivity index (χ1) is 8.70. The summed E-state index contributed by atoms with van der Waals surface area (Å²) in [7, 11) is -3.58. The van der Waals surface area contributed by atoms with Gasteiger partial charge in [0.2, 0.25) is 0 Å². The third-order valence-electron chi connectivity index (χ3n) is 1.81. The predicted molar refractivity (Wildman–Crippen MR) is 72.1 cm³/mol. The normalized spacial score (nSPS) is 10.2. The Labute approximate surface area is 112 Å². The minimum atomic E-state index is -3.58. The van der Waals surface area contributed by atoms with Gasteiger partial charge in [-0.25, -0.2) is 4.79 Å². The zero-order valence-corrected chi connectivity index (χ0v) is 11.6. The highest BCUT2D eigenvalue weighted by Crippen LogP contribution is 2.13. The molecule has 3 N–H and O–H groups in total. The summed E-state index contributed by atoms with van der Waals surface area (Å²) >= 11 is 0. The summed E-state index contributed by atoms with van der Waals surface area (Å²) in [5.41, 5.74) is 6.11. The molecule has 1 aromatic rings. The van der Waals surface area contributed by atoms with Crippen LogP contribution < -0.4 is 5.73 Å². The Morgan fingerprint density at radius 3 is 2.11 bits per heavy atom. The van der Waals surface area contributed by atoms with E-state index in [-0.39, 0.29) is 17.1 Å². The molecule has 1 rings (SSSR count). The fraction of sp³-hybridized carbons (Fsp3) is 0.250. The standard InChI is InChI=1S/C8H11NO3S.C4H6O2/c1-2-12-13(10,11)8-5-3-7(9)4-6-8;1-3(2)4(5)6/h3-6H,2,9H2,1H3;1H2,2H3,(H,5,6). The number of rotatable bonds is 4. The average molecular weight is 287 g/mol. The first kappa shape index (κ1) is 17.1. The minimum Gasteiger partial charge on any atom is -0.478 e. The fourth-order valence-electron chi connectivity index (χ4n) is 0.858. The van der Waals surface area contributed by atoms with E-state index >= 15 is 0 Å². The zero-order valence-electron chi connectivity index (χ0n) is 10.8. The summed E-state index contributed by atoms with van der Waals surface area (Å²) < 4.78 is 27.1. The van der Waals surface area contributed by atoms with Crippen LogP contribution in [0.1, 0.15) is 13.8 Å². The number of carboxylic acids is 1. The second-order valence-electron chi connectivity index (χ2n) is 3.52. The molecule has 0 aliphatic heterocycles. The Morgan fingerprint density at radius 1 is 1.37 bits per heavy atom. The Hall–Kier alpha value is -1.86. The Balaban J connectivity index is 0.000000459. The van der Waals surface area contributed by atoms with Gasteiger partial charge in [0.1, 0.15) is 0 Å². The molecule has 6 nitrogen and oxygen atoms in total. The van der Waals surface area contributed by atoms with Crippen LogP contribution in [0.3, 0.4) is 0 Å². The van der Waals surface area contributed by atoms with Crippen molar-refractivity contribution in [1.29, 1.82) is 0 Å². The Kier molecular flexibility index (Phi) is 6.81. The van der Waals surface area contributed by atoms with Crippen molar-refractivity contribution in [2.75, 3.05) is 12.3 Å². The summed E-state index contributed by atoms with van der Waals surface area (Å²) in [4.78, 5) is 9.73. The molecule has 19 heavy (non-hydrogen) atoms. The molecule has 0 amide bonds. The van der Waals surface area contributed by atoms with Crippen LogP contribution in [0.2, 0.25) is 0 Å². The Morgan fingerprint density at radius 2 is 1.79 bits per heavy atom. The number of benzene rings is 1. The van der Waals surface area contributed by atoms with E-state index < -0.39 is 16.1 Å². The molecule has 0 saturated carbocycles. The quantitative estimate of drug-likeness (QED) is 0.495. The highest BCUT2D eigenvalue weighted by molar-refractivity contribution is 7.86. The lowest BCUT2D eigenvalue weighted by atomic mass is 10.3. The fourth-order valence-corrected chi connectivity index (χ4v) is 1.77. The van der Waals surface area contributed by atoms with E-state index in [1.54, 1.807) is 6.92 Å². The zero-order chi connectivity index (χ0) is 15.1. The molecule has 0 aliphatic rings. The van der Waals surface area contributed by atoms with Crippen molar-refractivity contribution in [2.45, 2.75) is 18.7 Å². The van der Waals surface area contributed by atoms with E-state index in [1.165, 1.54) is 31.2 Å². The predicted octanol–water partition coefficient (Wildman–Crippen LogP) is 1.64. The molecule has 0 fully saturated rings. The summed E-state index contributed by atoms with van der Waals surface area (Å²) in [5.74, 6) is -0.935. The van der Waals surface area contributed by atoms with Crippen LogP contribution in [0.15, 0.2) is 41.3 Å². The van der Waals surface area contributed by atoms with Crippen LogP contribution in [0.4, 0.5) is 5.69 Å². The van der Waals surface area contributed by atoms with E-state index in [2.05, 4.69) is 10.8 Å². The highest BCUT2D eigenvalue weighted by Gasteiger charge is 2.12. The third kappa shape index (κ3) is 6.58. The van der Waals surface area contributed by atoms with Crippen LogP contribution in [-0.4, -0.2) is 26.1 Å². The first-order valence-corrected chi connectivity index (χ1v) is 6.75. The van der Waals surface area contributed by atoms with Gasteiger partial charge in [-0.2, -0.15) is 8.42 Å². The van der Waals surface area contributed by atoms with Crippen LogP contribution in [0.5, 0.6) is 0 Å². The maximum atomic E-state index is 11.3. The molecule has 7 heteroatoms. The molecule has 1 aromatic carbocycles. The van der Waals surface area contributed by atoms with Gasteiger partial charge in [0.05, 0.1) is 11.5 Å². The smallest absolute Gasteiger partial charge is 0.330 e. The lowest BCUT2D eigenvalue weighted by Gasteiger charge is -2.02. The van der Waals surface area contributed by atoms with Crippen molar-refractivity contribution < 1.29 is 22.5 Å². The summed E-state index contributed by atoms with van der Waals surface area (Å²) in [5, 5.41) is 7.89. The third-order valence-corrected chi connectivity index (χ3v) is 3.20. The maximum Gasteiger partial charge on any atom is 0.330 e. The lowest BCUT2D eigenvalue weighted by Crippen LogP contribution is -2.05. The number of anilines is 1. The number of nitrogens with two attached hydrogens (primary N) is 1. The number of hydrogen-bond donors (Lipinski definition) is 2. The molecular formula is C12H17NO5S. The van der Waals surface area contributed by atoms with Crippen molar-refractivity contribution in [3.05, 3.63) is 36.4 Å². The van der Waals surface area contributed by atoms with Gasteiger partial charge < -0.3 is 10.8 Å². The molecule has 0 heterocycles. The van der Waals surface area contributed by atoms with Gasteiger partial charge in [0.15, 0.2) is 0 Å². The number of carbonyl (C=O) groups is 1. The summed E-state index contributed by atoms with van der Waals surface area (Å²) in [6.45, 7) is 6.35.